The van der Waals surface area contributed by atoms with E-state index >= 15 is 0 Å². The zero-order valence-corrected chi connectivity index (χ0v) is 20.6. The molecule has 1 saturated carbocycles. The molecule has 3 atom stereocenters. The van der Waals surface area contributed by atoms with Crippen molar-refractivity contribution in [3.63, 3.8) is 0 Å². The Bertz CT molecular complexity index is 1410. The molecule has 0 amide bonds. The number of aromatic nitrogens is 1. The average Bonchev–Trinajstić information content (AvgIpc) is 3.64. The molecule has 0 aliphatic heterocycles. The van der Waals surface area contributed by atoms with Crippen LogP contribution in [0.15, 0.2) is 54.7 Å². The van der Waals surface area contributed by atoms with Crippen molar-refractivity contribution in [1.82, 2.24) is 0 Å². The zero-order valence-electron chi connectivity index (χ0n) is 19.9. The summed E-state index contributed by atoms with van der Waals surface area (Å²) >= 11 is 5.75. The van der Waals surface area contributed by atoms with Crippen molar-refractivity contribution in [3.05, 3.63) is 93.2 Å². The number of hydrogen-bond acceptors (Lipinski definition) is 3. The van der Waals surface area contributed by atoms with Gasteiger partial charge >= 0.3 is 12.1 Å². The van der Waals surface area contributed by atoms with E-state index in [1.54, 1.807) is 0 Å². The van der Waals surface area contributed by atoms with Gasteiger partial charge in [-0.2, -0.15) is 17.9 Å². The summed E-state index contributed by atoms with van der Waals surface area (Å²) in [6, 6.07) is 9.42. The molecule has 1 aliphatic rings. The highest BCUT2D eigenvalue weighted by Gasteiger charge is 2.56. The highest BCUT2D eigenvalue weighted by Crippen LogP contribution is 2.53. The Morgan fingerprint density at radius 2 is 1.74 bits per heavy atom. The van der Waals surface area contributed by atoms with Gasteiger partial charge in [-0.05, 0) is 48.6 Å². The number of aromatic carboxylic acids is 1. The maximum Gasteiger partial charge on any atom is 0.392 e. The van der Waals surface area contributed by atoms with Crippen molar-refractivity contribution in [1.29, 1.82) is 0 Å². The summed E-state index contributed by atoms with van der Waals surface area (Å²) < 4.78 is 81.5. The quantitative estimate of drug-likeness (QED) is 0.172. The maximum absolute atomic E-state index is 14.7. The molecule has 1 N–H and O–H groups in total. The van der Waals surface area contributed by atoms with Gasteiger partial charge in [-0.3, -0.25) is 4.79 Å². The predicted octanol–water partition coefficient (Wildman–Crippen LogP) is 6.90. The van der Waals surface area contributed by atoms with E-state index in [9.17, 15) is 41.1 Å². The van der Waals surface area contributed by atoms with Crippen LogP contribution in [0.25, 0.3) is 11.1 Å². The third kappa shape index (κ3) is 6.19. The summed E-state index contributed by atoms with van der Waals surface area (Å²) in [6.07, 6.45) is -7.56. The number of ketones is 1. The van der Waals surface area contributed by atoms with Crippen molar-refractivity contribution in [2.24, 2.45) is 11.8 Å². The standard InChI is InChI=1S/C27H20ClF6NO4/c28-20-7-6-17(25(30)31)23(24(20)29)15-5-8-21(35(39)12-15)18(10-16-11-19(16)27(32,33)34)22(36)9-13-1-3-14(4-2-13)26(37)38/h1-8,12,16,18-19,25H,9-11H2,(H,37,38). The number of benzene rings is 2. The van der Waals surface area contributed by atoms with Crippen LogP contribution < -0.4 is 4.73 Å². The van der Waals surface area contributed by atoms with Crippen LogP contribution >= 0.6 is 11.6 Å². The summed E-state index contributed by atoms with van der Waals surface area (Å²) in [5.74, 6) is -6.75. The molecular formula is C27H20ClF6NO4. The molecule has 2 aromatic carbocycles. The number of alkyl halides is 5. The molecule has 0 bridgehead atoms. The fraction of sp³-hybridized carbons (Fsp3) is 0.296. The molecule has 1 aromatic heterocycles. The Balaban J connectivity index is 1.68. The lowest BCUT2D eigenvalue weighted by Gasteiger charge is -2.18. The third-order valence-electron chi connectivity index (χ3n) is 6.80. The van der Waals surface area contributed by atoms with Crippen molar-refractivity contribution in [3.8, 4) is 11.1 Å². The van der Waals surface area contributed by atoms with Crippen LogP contribution in [0.1, 0.15) is 52.4 Å². The number of rotatable bonds is 9. The molecule has 206 valence electrons. The van der Waals surface area contributed by atoms with Gasteiger partial charge in [0, 0.05) is 23.6 Å². The minimum Gasteiger partial charge on any atom is -0.618 e. The van der Waals surface area contributed by atoms with Gasteiger partial charge in [0.05, 0.1) is 22.1 Å². The summed E-state index contributed by atoms with van der Waals surface area (Å²) in [6.45, 7) is 0. The fourth-order valence-corrected chi connectivity index (χ4v) is 4.83. The van der Waals surface area contributed by atoms with Crippen LogP contribution in [0.3, 0.4) is 0 Å². The van der Waals surface area contributed by atoms with Crippen molar-refractivity contribution < 1.29 is 45.8 Å². The number of nitrogens with zero attached hydrogens (tertiary/aromatic N) is 1. The zero-order chi connectivity index (χ0) is 28.6. The Hall–Kier alpha value is -3.60. The smallest absolute Gasteiger partial charge is 0.392 e. The summed E-state index contributed by atoms with van der Waals surface area (Å²) in [4.78, 5) is 24.3. The molecule has 0 radical (unpaired) electrons. The third-order valence-corrected chi connectivity index (χ3v) is 7.09. The summed E-state index contributed by atoms with van der Waals surface area (Å²) in [7, 11) is 0. The predicted molar refractivity (Wildman–Crippen MR) is 128 cm³/mol. The first-order chi connectivity index (χ1) is 18.3. The van der Waals surface area contributed by atoms with Crippen LogP contribution in [0.4, 0.5) is 26.3 Å². The van der Waals surface area contributed by atoms with Crippen LogP contribution in [0.5, 0.6) is 0 Å². The Morgan fingerprint density at radius 1 is 1.08 bits per heavy atom. The maximum atomic E-state index is 14.7. The number of carboxylic acids is 1. The topological polar surface area (TPSA) is 81.3 Å². The SMILES string of the molecule is O=C(O)c1ccc(CC(=O)C(CC2CC2C(F)(F)F)c2ccc(-c3c(C(F)F)ccc(Cl)c3F)c[n+]2[O-])cc1. The first-order valence-electron chi connectivity index (χ1n) is 11.7. The van der Waals surface area contributed by atoms with Crippen molar-refractivity contribution >= 4 is 23.4 Å². The number of carboxylic acid groups (broad SMARTS) is 1. The Labute approximate surface area is 223 Å². The number of carbonyl (C=O) groups is 2. The van der Waals surface area contributed by atoms with E-state index in [2.05, 4.69) is 0 Å². The molecule has 1 heterocycles. The van der Waals surface area contributed by atoms with Gasteiger partial charge in [0.25, 0.3) is 6.43 Å². The number of hydrogen-bond donors (Lipinski definition) is 1. The normalized spacial score (nSPS) is 17.7. The van der Waals surface area contributed by atoms with Crippen LogP contribution in [0, 0.1) is 22.9 Å². The van der Waals surface area contributed by atoms with Crippen LogP contribution in [-0.4, -0.2) is 23.0 Å². The number of Topliss-reactive ketones (excluding diaryl/α,β-unsaturated/α-hetero) is 1. The van der Waals surface area contributed by atoms with Crippen LogP contribution in [-0.2, 0) is 11.2 Å². The largest absolute Gasteiger partial charge is 0.618 e. The highest BCUT2D eigenvalue weighted by atomic mass is 35.5. The van der Waals surface area contributed by atoms with Gasteiger partial charge in [0.1, 0.15) is 11.7 Å². The van der Waals surface area contributed by atoms with E-state index in [1.807, 2.05) is 0 Å². The second kappa shape index (κ2) is 10.9. The van der Waals surface area contributed by atoms with E-state index in [0.29, 0.717) is 5.56 Å². The lowest BCUT2D eigenvalue weighted by molar-refractivity contribution is -0.614. The molecule has 4 rings (SSSR count). The van der Waals surface area contributed by atoms with Gasteiger partial charge in [-0.1, -0.05) is 29.8 Å². The van der Waals surface area contributed by atoms with E-state index in [1.165, 1.54) is 24.3 Å². The van der Waals surface area contributed by atoms with Gasteiger partial charge in [0.15, 0.2) is 12.0 Å². The first-order valence-corrected chi connectivity index (χ1v) is 12.1. The molecule has 0 saturated heterocycles. The van der Waals surface area contributed by atoms with E-state index in [-0.39, 0.29) is 40.8 Å². The second-order valence-electron chi connectivity index (χ2n) is 9.37. The number of pyridine rings is 1. The molecule has 1 aliphatic carbocycles. The van der Waals surface area contributed by atoms with E-state index < -0.39 is 64.1 Å². The van der Waals surface area contributed by atoms with Gasteiger partial charge in [-0.25, -0.2) is 18.0 Å². The molecular weight excluding hydrogens is 552 g/mol. The lowest BCUT2D eigenvalue weighted by Crippen LogP contribution is -2.36. The molecule has 39 heavy (non-hydrogen) atoms. The Kier molecular flexibility index (Phi) is 7.92. The number of halogens is 7. The van der Waals surface area contributed by atoms with Crippen molar-refractivity contribution in [2.75, 3.05) is 0 Å². The highest BCUT2D eigenvalue weighted by molar-refractivity contribution is 6.31. The molecule has 12 heteroatoms. The molecule has 1 fully saturated rings. The summed E-state index contributed by atoms with van der Waals surface area (Å²) in [5.41, 5.74) is -1.44. The lowest BCUT2D eigenvalue weighted by atomic mass is 9.88. The molecule has 5 nitrogen and oxygen atoms in total. The minimum absolute atomic E-state index is 0.0295. The molecule has 3 unspecified atom stereocenters. The van der Waals surface area contributed by atoms with E-state index in [4.69, 9.17) is 16.7 Å². The van der Waals surface area contributed by atoms with Gasteiger partial charge < -0.3 is 10.3 Å². The van der Waals surface area contributed by atoms with Gasteiger partial charge in [0.2, 0.25) is 5.69 Å². The first kappa shape index (κ1) is 28.4. The van der Waals surface area contributed by atoms with Crippen molar-refractivity contribution in [2.45, 2.75) is 37.8 Å². The summed E-state index contributed by atoms with van der Waals surface area (Å²) in [5, 5.41) is 21.6. The number of carbonyl (C=O) groups excluding carboxylic acids is 1. The molecule has 3 aromatic rings. The molecule has 0 spiro atoms. The Morgan fingerprint density at radius 3 is 2.28 bits per heavy atom. The monoisotopic (exact) mass is 571 g/mol. The van der Waals surface area contributed by atoms with Gasteiger partial charge in [-0.15, -0.1) is 0 Å². The second-order valence-corrected chi connectivity index (χ2v) is 9.78. The minimum atomic E-state index is -4.46. The van der Waals surface area contributed by atoms with Crippen LogP contribution in [0.2, 0.25) is 5.02 Å². The van der Waals surface area contributed by atoms with E-state index in [0.717, 1.165) is 30.5 Å². The fourth-order valence-electron chi connectivity index (χ4n) is 4.67. The average molecular weight is 572 g/mol.